The van der Waals surface area contributed by atoms with E-state index in [1.807, 2.05) is 31.5 Å². The first-order chi connectivity index (χ1) is 13.0. The van der Waals surface area contributed by atoms with Crippen LogP contribution in [-0.2, 0) is 13.6 Å². The summed E-state index contributed by atoms with van der Waals surface area (Å²) in [5.41, 5.74) is 1.37. The number of aromatic nitrogens is 2. The number of aryl methyl sites for hydroxylation is 1. The van der Waals surface area contributed by atoms with Gasteiger partial charge in [0.25, 0.3) is 0 Å². The number of ether oxygens (including phenoxy) is 1. The molecule has 0 aliphatic rings. The maximum absolute atomic E-state index is 15.0. The molecule has 1 atom stereocenters. The third-order valence-electron chi connectivity index (χ3n) is 4.67. The smallest absolute Gasteiger partial charge is 0.198 e. The van der Waals surface area contributed by atoms with Gasteiger partial charge in [-0.2, -0.15) is 0 Å². The van der Waals surface area contributed by atoms with E-state index in [-0.39, 0.29) is 11.8 Å². The molecule has 0 aliphatic heterocycles. The van der Waals surface area contributed by atoms with E-state index in [2.05, 4.69) is 10.3 Å². The number of rotatable bonds is 7. The predicted molar refractivity (Wildman–Crippen MR) is 101 cm³/mol. The minimum atomic E-state index is -0.725. The molecule has 0 amide bonds. The number of imidazole rings is 1. The van der Waals surface area contributed by atoms with Crippen LogP contribution in [0.4, 0.5) is 8.78 Å². The van der Waals surface area contributed by atoms with Gasteiger partial charge in [-0.15, -0.1) is 0 Å². The Morgan fingerprint density at radius 2 is 1.89 bits per heavy atom. The first kappa shape index (κ1) is 19.0. The number of hydrogen-bond donors (Lipinski definition) is 1. The van der Waals surface area contributed by atoms with E-state index >= 15 is 4.39 Å². The first-order valence-corrected chi connectivity index (χ1v) is 8.92. The normalized spacial score (nSPS) is 12.2. The molecule has 1 N–H and O–H groups in total. The minimum absolute atomic E-state index is 0.279. The fourth-order valence-corrected chi connectivity index (χ4v) is 2.93. The van der Waals surface area contributed by atoms with Gasteiger partial charge in [0.05, 0.1) is 5.69 Å². The van der Waals surface area contributed by atoms with E-state index in [0.29, 0.717) is 24.3 Å². The van der Waals surface area contributed by atoms with Gasteiger partial charge in [0, 0.05) is 31.4 Å². The summed E-state index contributed by atoms with van der Waals surface area (Å²) < 4.78 is 36.7. The van der Waals surface area contributed by atoms with Crippen molar-refractivity contribution in [1.29, 1.82) is 0 Å². The van der Waals surface area contributed by atoms with Crippen molar-refractivity contribution in [3.8, 4) is 11.5 Å². The van der Waals surface area contributed by atoms with Crippen LogP contribution in [0, 0.1) is 18.6 Å². The third-order valence-corrected chi connectivity index (χ3v) is 4.67. The summed E-state index contributed by atoms with van der Waals surface area (Å²) in [5, 5.41) is 3.33. The second-order valence-corrected chi connectivity index (χ2v) is 6.39. The Kier molecular flexibility index (Phi) is 5.86. The Bertz CT molecular complexity index is 909. The van der Waals surface area contributed by atoms with Crippen LogP contribution in [0.15, 0.2) is 48.7 Å². The Balaban J connectivity index is 1.83. The lowest BCUT2D eigenvalue weighted by Gasteiger charge is -2.20. The number of nitrogens with one attached hydrogen (secondary N) is 1. The summed E-state index contributed by atoms with van der Waals surface area (Å²) in [6.07, 6.45) is 2.43. The lowest BCUT2D eigenvalue weighted by atomic mass is 10.0. The summed E-state index contributed by atoms with van der Waals surface area (Å²) in [5.74, 6) is -0.489. The topological polar surface area (TPSA) is 39.1 Å². The molecular formula is C21H23F2N3O. The SMILES string of the molecule is CCC(NCc1cnc(C)n1C)c1ccc(F)c(Oc2ccccc2)c1F. The van der Waals surface area contributed by atoms with Gasteiger partial charge in [0.2, 0.25) is 0 Å². The number of para-hydroxylation sites is 1. The van der Waals surface area contributed by atoms with Crippen LogP contribution >= 0.6 is 0 Å². The van der Waals surface area contributed by atoms with Crippen LogP contribution in [-0.4, -0.2) is 9.55 Å². The molecule has 0 radical (unpaired) electrons. The molecule has 0 fully saturated rings. The zero-order valence-corrected chi connectivity index (χ0v) is 15.7. The first-order valence-electron chi connectivity index (χ1n) is 8.92. The minimum Gasteiger partial charge on any atom is -0.451 e. The quantitative estimate of drug-likeness (QED) is 0.632. The second-order valence-electron chi connectivity index (χ2n) is 6.39. The van der Waals surface area contributed by atoms with Crippen LogP contribution in [0.25, 0.3) is 0 Å². The van der Waals surface area contributed by atoms with Crippen molar-refractivity contribution in [2.24, 2.45) is 7.05 Å². The lowest BCUT2D eigenvalue weighted by molar-refractivity contribution is 0.394. The van der Waals surface area contributed by atoms with E-state index in [0.717, 1.165) is 11.5 Å². The second kappa shape index (κ2) is 8.31. The highest BCUT2D eigenvalue weighted by Gasteiger charge is 2.21. The standard InChI is InChI=1S/C21H23F2N3O/c1-4-19(25-13-15-12-24-14(2)26(15)3)17-10-11-18(22)21(20(17)23)27-16-8-6-5-7-9-16/h5-12,19,25H,4,13H2,1-3H3. The van der Waals surface area contributed by atoms with Crippen molar-refractivity contribution >= 4 is 0 Å². The molecule has 142 valence electrons. The Morgan fingerprint density at radius 1 is 1.15 bits per heavy atom. The van der Waals surface area contributed by atoms with Gasteiger partial charge in [-0.05, 0) is 31.5 Å². The summed E-state index contributed by atoms with van der Waals surface area (Å²) >= 11 is 0. The predicted octanol–water partition coefficient (Wildman–Crippen LogP) is 5.04. The van der Waals surface area contributed by atoms with Crippen molar-refractivity contribution in [2.75, 3.05) is 0 Å². The summed E-state index contributed by atoms with van der Waals surface area (Å²) in [6, 6.07) is 11.1. The van der Waals surface area contributed by atoms with Gasteiger partial charge in [-0.3, -0.25) is 0 Å². The maximum Gasteiger partial charge on any atom is 0.198 e. The molecule has 1 aromatic heterocycles. The Labute approximate surface area is 157 Å². The molecule has 0 saturated carbocycles. The summed E-state index contributed by atoms with van der Waals surface area (Å²) in [6.45, 7) is 4.40. The maximum atomic E-state index is 15.0. The van der Waals surface area contributed by atoms with Gasteiger partial charge in [0.1, 0.15) is 11.6 Å². The van der Waals surface area contributed by atoms with Crippen LogP contribution in [0.1, 0.15) is 36.5 Å². The molecule has 1 unspecified atom stereocenters. The number of hydrogen-bond acceptors (Lipinski definition) is 3. The van der Waals surface area contributed by atoms with E-state index in [4.69, 9.17) is 4.74 Å². The van der Waals surface area contributed by atoms with Crippen LogP contribution in [0.2, 0.25) is 0 Å². The third kappa shape index (κ3) is 4.17. The molecule has 1 heterocycles. The van der Waals surface area contributed by atoms with E-state index in [1.54, 1.807) is 30.5 Å². The van der Waals surface area contributed by atoms with E-state index in [9.17, 15) is 4.39 Å². The number of nitrogens with zero attached hydrogens (tertiary/aromatic N) is 2. The molecule has 27 heavy (non-hydrogen) atoms. The highest BCUT2D eigenvalue weighted by molar-refractivity contribution is 5.38. The van der Waals surface area contributed by atoms with E-state index in [1.165, 1.54) is 12.1 Å². The number of halogens is 2. The lowest BCUT2D eigenvalue weighted by Crippen LogP contribution is -2.23. The molecule has 0 spiro atoms. The highest BCUT2D eigenvalue weighted by atomic mass is 19.1. The molecule has 0 bridgehead atoms. The van der Waals surface area contributed by atoms with Crippen molar-refractivity contribution in [2.45, 2.75) is 32.9 Å². The molecule has 3 aromatic rings. The molecule has 0 aliphatic carbocycles. The van der Waals surface area contributed by atoms with E-state index < -0.39 is 11.6 Å². The van der Waals surface area contributed by atoms with Gasteiger partial charge in [-0.1, -0.05) is 31.2 Å². The highest BCUT2D eigenvalue weighted by Crippen LogP contribution is 2.33. The largest absolute Gasteiger partial charge is 0.451 e. The molecule has 6 heteroatoms. The van der Waals surface area contributed by atoms with Crippen molar-refractivity contribution in [3.63, 3.8) is 0 Å². The fraction of sp³-hybridized carbons (Fsp3) is 0.286. The van der Waals surface area contributed by atoms with Crippen LogP contribution in [0.5, 0.6) is 11.5 Å². The van der Waals surface area contributed by atoms with Crippen LogP contribution in [0.3, 0.4) is 0 Å². The zero-order valence-electron chi connectivity index (χ0n) is 15.7. The van der Waals surface area contributed by atoms with Gasteiger partial charge >= 0.3 is 0 Å². The van der Waals surface area contributed by atoms with Gasteiger partial charge in [-0.25, -0.2) is 13.8 Å². The Morgan fingerprint density at radius 3 is 2.52 bits per heavy atom. The van der Waals surface area contributed by atoms with Crippen molar-refractivity contribution < 1.29 is 13.5 Å². The monoisotopic (exact) mass is 371 g/mol. The van der Waals surface area contributed by atoms with Crippen molar-refractivity contribution in [3.05, 3.63) is 77.4 Å². The average Bonchev–Trinajstić information content (AvgIpc) is 3.00. The van der Waals surface area contributed by atoms with Crippen molar-refractivity contribution in [1.82, 2.24) is 14.9 Å². The summed E-state index contributed by atoms with van der Waals surface area (Å²) in [4.78, 5) is 4.26. The number of benzene rings is 2. The summed E-state index contributed by atoms with van der Waals surface area (Å²) in [7, 11) is 1.94. The molecule has 2 aromatic carbocycles. The average molecular weight is 371 g/mol. The molecule has 4 nitrogen and oxygen atoms in total. The van der Waals surface area contributed by atoms with Crippen LogP contribution < -0.4 is 10.1 Å². The van der Waals surface area contributed by atoms with Gasteiger partial charge in [0.15, 0.2) is 17.4 Å². The molecule has 3 rings (SSSR count). The zero-order chi connectivity index (χ0) is 19.4. The fourth-order valence-electron chi connectivity index (χ4n) is 2.93. The molecular weight excluding hydrogens is 348 g/mol. The molecule has 0 saturated heterocycles. The van der Waals surface area contributed by atoms with Gasteiger partial charge < -0.3 is 14.6 Å². The Hall–Kier alpha value is -2.73.